The van der Waals surface area contributed by atoms with Gasteiger partial charge in [0, 0.05) is 43.7 Å². The van der Waals surface area contributed by atoms with Gasteiger partial charge in [-0.3, -0.25) is 9.13 Å². The van der Waals surface area contributed by atoms with Gasteiger partial charge in [-0.1, -0.05) is 49.4 Å². The van der Waals surface area contributed by atoms with E-state index in [1.165, 1.54) is 44.9 Å². The van der Waals surface area contributed by atoms with E-state index in [9.17, 15) is 19.9 Å². The van der Waals surface area contributed by atoms with Crippen LogP contribution >= 0.6 is 0 Å². The van der Waals surface area contributed by atoms with Crippen LogP contribution in [-0.2, 0) is 16.0 Å². The Hall–Kier alpha value is -3.50. The highest BCUT2D eigenvalue weighted by atomic mass is 16.6. The minimum atomic E-state index is -0.829. The number of carbonyl (C=O) groups is 2. The summed E-state index contributed by atoms with van der Waals surface area (Å²) in [6, 6.07) is 7.42. The molecule has 0 spiro atoms. The van der Waals surface area contributed by atoms with E-state index in [0.29, 0.717) is 18.0 Å². The van der Waals surface area contributed by atoms with Gasteiger partial charge < -0.3 is 14.4 Å². The summed E-state index contributed by atoms with van der Waals surface area (Å²) < 4.78 is 14.5. The molecular formula is C34H53N7O5. The number of hydrogen-bond acceptors (Lipinski definition) is 7. The third-order valence-corrected chi connectivity index (χ3v) is 8.87. The van der Waals surface area contributed by atoms with Gasteiger partial charge in [0.05, 0.1) is 17.6 Å². The fourth-order valence-electron chi connectivity index (χ4n) is 6.87. The van der Waals surface area contributed by atoms with Crippen LogP contribution in [0.3, 0.4) is 0 Å². The number of nitrogens with zero attached hydrogens (tertiary/aromatic N) is 7. The molecule has 4 rings (SSSR count). The average Bonchev–Trinajstić information content (AvgIpc) is 3.22. The van der Waals surface area contributed by atoms with Gasteiger partial charge in [-0.05, 0) is 90.3 Å². The van der Waals surface area contributed by atoms with E-state index in [4.69, 9.17) is 9.47 Å². The number of fused-ring (bicyclic) bond motifs is 1. The lowest BCUT2D eigenvalue weighted by molar-refractivity contribution is 0.000864. The SMILES string of the molecule is CC(C)(C)OC(=O)N(CCn1c(=O)n(C2CCN(CC3CCCCCCC3)CC2CN=[N+]=[N-])c2ccccc21)C(=O)OC(C)(C)C. The lowest BCUT2D eigenvalue weighted by atomic mass is 9.88. The zero-order chi connectivity index (χ0) is 33.5. The van der Waals surface area contributed by atoms with Crippen LogP contribution in [0.5, 0.6) is 0 Å². The number of para-hydroxylation sites is 2. The second-order valence-corrected chi connectivity index (χ2v) is 14.9. The molecule has 1 aromatic carbocycles. The average molecular weight is 640 g/mol. The van der Waals surface area contributed by atoms with Crippen molar-refractivity contribution < 1.29 is 19.1 Å². The number of benzene rings is 1. The summed E-state index contributed by atoms with van der Waals surface area (Å²) in [6.45, 7) is 13.3. The molecule has 2 heterocycles. The largest absolute Gasteiger partial charge is 0.443 e. The molecule has 12 nitrogen and oxygen atoms in total. The minimum Gasteiger partial charge on any atom is -0.443 e. The molecule has 2 atom stereocenters. The summed E-state index contributed by atoms with van der Waals surface area (Å²) in [5.74, 6) is 0.648. The molecule has 1 aliphatic heterocycles. The summed E-state index contributed by atoms with van der Waals surface area (Å²) in [7, 11) is 0. The van der Waals surface area contributed by atoms with Crippen LogP contribution in [-0.4, -0.2) is 75.0 Å². The van der Waals surface area contributed by atoms with E-state index in [0.717, 1.165) is 36.5 Å². The molecule has 0 N–H and O–H groups in total. The second kappa shape index (κ2) is 15.4. The molecule has 2 fully saturated rings. The van der Waals surface area contributed by atoms with Crippen molar-refractivity contribution in [2.75, 3.05) is 32.7 Å². The van der Waals surface area contributed by atoms with Gasteiger partial charge >= 0.3 is 17.9 Å². The Kier molecular flexibility index (Phi) is 11.8. The number of azide groups is 1. The first kappa shape index (κ1) is 35.4. The number of hydrogen-bond donors (Lipinski definition) is 0. The van der Waals surface area contributed by atoms with Crippen LogP contribution in [0, 0.1) is 11.8 Å². The van der Waals surface area contributed by atoms with Crippen molar-refractivity contribution in [3.8, 4) is 0 Å². The molecule has 1 saturated heterocycles. The first-order chi connectivity index (χ1) is 21.8. The minimum absolute atomic E-state index is 0.0322. The molecule has 12 heteroatoms. The van der Waals surface area contributed by atoms with Crippen molar-refractivity contribution in [1.29, 1.82) is 0 Å². The molecule has 2 unspecified atom stereocenters. The maximum atomic E-state index is 14.2. The maximum absolute atomic E-state index is 14.2. The highest BCUT2D eigenvalue weighted by Gasteiger charge is 2.35. The summed E-state index contributed by atoms with van der Waals surface area (Å²) >= 11 is 0. The molecule has 2 aliphatic rings. The Labute approximate surface area is 272 Å². The number of imide groups is 1. The molecule has 1 saturated carbocycles. The lowest BCUT2D eigenvalue weighted by Gasteiger charge is -2.40. The van der Waals surface area contributed by atoms with Crippen LogP contribution in [0.25, 0.3) is 21.5 Å². The summed E-state index contributed by atoms with van der Waals surface area (Å²) in [5.41, 5.74) is 8.83. The van der Waals surface area contributed by atoms with Crippen molar-refractivity contribution in [2.45, 2.75) is 117 Å². The summed E-state index contributed by atoms with van der Waals surface area (Å²) in [4.78, 5) is 47.0. The van der Waals surface area contributed by atoms with E-state index in [1.54, 1.807) is 46.1 Å². The zero-order valence-electron chi connectivity index (χ0n) is 28.6. The van der Waals surface area contributed by atoms with Crippen LogP contribution < -0.4 is 5.69 Å². The topological polar surface area (TPSA) is 135 Å². The van der Waals surface area contributed by atoms with Crippen LogP contribution in [0.15, 0.2) is 34.2 Å². The van der Waals surface area contributed by atoms with Gasteiger partial charge in [0.1, 0.15) is 11.2 Å². The number of rotatable bonds is 8. The highest BCUT2D eigenvalue weighted by Crippen LogP contribution is 2.33. The fraction of sp³-hybridized carbons (Fsp3) is 0.735. The van der Waals surface area contributed by atoms with Gasteiger partial charge in [-0.2, -0.15) is 0 Å². The quantitative estimate of drug-likeness (QED) is 0.167. The molecule has 1 aromatic heterocycles. The van der Waals surface area contributed by atoms with Gasteiger partial charge in [0.2, 0.25) is 0 Å². The van der Waals surface area contributed by atoms with Crippen molar-refractivity contribution in [3.05, 3.63) is 45.2 Å². The number of imidazole rings is 1. The predicted octanol–water partition coefficient (Wildman–Crippen LogP) is 7.51. The number of aromatic nitrogens is 2. The summed E-state index contributed by atoms with van der Waals surface area (Å²) in [6.07, 6.45) is 8.18. The third kappa shape index (κ3) is 9.51. The van der Waals surface area contributed by atoms with Crippen LogP contribution in [0.2, 0.25) is 0 Å². The van der Waals surface area contributed by atoms with Crippen molar-refractivity contribution in [1.82, 2.24) is 18.9 Å². The number of likely N-dealkylation sites (tertiary alicyclic amines) is 1. The molecule has 2 amide bonds. The molecular weight excluding hydrogens is 586 g/mol. The number of ether oxygens (including phenoxy) is 2. The Morgan fingerprint density at radius 2 is 1.52 bits per heavy atom. The van der Waals surface area contributed by atoms with E-state index in [2.05, 4.69) is 14.9 Å². The Morgan fingerprint density at radius 3 is 2.11 bits per heavy atom. The van der Waals surface area contributed by atoms with Gasteiger partial charge in [-0.25, -0.2) is 19.3 Å². The smallest absolute Gasteiger partial charge is 0.419 e. The number of carbonyl (C=O) groups excluding carboxylic acids is 2. The number of piperidine rings is 1. The fourth-order valence-corrected chi connectivity index (χ4v) is 6.87. The number of amides is 2. The molecule has 46 heavy (non-hydrogen) atoms. The lowest BCUT2D eigenvalue weighted by Crippen LogP contribution is -2.47. The van der Waals surface area contributed by atoms with Gasteiger partial charge in [0.15, 0.2) is 0 Å². The molecule has 0 bridgehead atoms. The van der Waals surface area contributed by atoms with E-state index in [-0.39, 0.29) is 30.7 Å². The molecule has 254 valence electrons. The van der Waals surface area contributed by atoms with E-state index in [1.807, 2.05) is 28.8 Å². The highest BCUT2D eigenvalue weighted by molar-refractivity contribution is 5.88. The van der Waals surface area contributed by atoms with Crippen molar-refractivity contribution in [3.63, 3.8) is 0 Å². The van der Waals surface area contributed by atoms with E-state index < -0.39 is 23.4 Å². The standard InChI is InChI=1S/C34H53N7O5/c1-33(2,3)45-31(43)40(32(44)46-34(4,5)6)21-20-39-28-16-12-13-17-29(28)41(30(39)42)27-18-19-38(24-26(27)22-36-37-35)23-25-14-10-8-7-9-11-15-25/h12-13,16-17,25-27H,7-11,14-15,18-24H2,1-6H3. The first-order valence-corrected chi connectivity index (χ1v) is 16.9. The predicted molar refractivity (Wildman–Crippen MR) is 179 cm³/mol. The van der Waals surface area contributed by atoms with Crippen LogP contribution in [0.1, 0.15) is 99.0 Å². The van der Waals surface area contributed by atoms with Crippen LogP contribution in [0.4, 0.5) is 9.59 Å². The maximum Gasteiger partial charge on any atom is 0.419 e. The Bertz CT molecular complexity index is 1410. The van der Waals surface area contributed by atoms with Gasteiger partial charge in [-0.15, -0.1) is 0 Å². The first-order valence-electron chi connectivity index (χ1n) is 16.9. The van der Waals surface area contributed by atoms with Gasteiger partial charge in [0.25, 0.3) is 0 Å². The molecule has 0 radical (unpaired) electrons. The third-order valence-electron chi connectivity index (χ3n) is 8.87. The molecule has 2 aromatic rings. The normalized spacial score (nSPS) is 20.4. The van der Waals surface area contributed by atoms with E-state index >= 15 is 0 Å². The Balaban J connectivity index is 1.60. The summed E-state index contributed by atoms with van der Waals surface area (Å²) in [5, 5.41) is 3.98. The Morgan fingerprint density at radius 1 is 0.935 bits per heavy atom. The monoisotopic (exact) mass is 639 g/mol. The zero-order valence-corrected chi connectivity index (χ0v) is 28.6. The van der Waals surface area contributed by atoms with Crippen molar-refractivity contribution >= 4 is 23.2 Å². The molecule has 1 aliphatic carbocycles. The van der Waals surface area contributed by atoms with Crippen molar-refractivity contribution in [2.24, 2.45) is 17.0 Å². The second-order valence-electron chi connectivity index (χ2n) is 14.9.